The maximum Gasteiger partial charge on any atom is 0.126 e. The van der Waals surface area contributed by atoms with E-state index in [1.807, 2.05) is 12.1 Å². The van der Waals surface area contributed by atoms with Crippen LogP contribution >= 0.6 is 11.6 Å². The molecule has 114 valence electrons. The second-order valence-electron chi connectivity index (χ2n) is 5.84. The number of halogens is 1. The Bertz CT molecular complexity index is 376. The molecule has 1 aromatic rings. The van der Waals surface area contributed by atoms with Crippen LogP contribution in [0, 0.1) is 0 Å². The molecule has 0 heterocycles. The molecular formula is C15H25ClNO3+. The second-order valence-corrected chi connectivity index (χ2v) is 6.27. The van der Waals surface area contributed by atoms with E-state index in [9.17, 15) is 5.11 Å². The molecule has 0 aliphatic rings. The standard InChI is InChI=1S/C15H24ClNO3/c1-15(2,3)17-10-13(18)11-19-8-9-20-14-6-4-12(16)5-7-14/h4-7,13,17-18H,8-11H2,1-3H3/p+1/t13-/m1/s1. The summed E-state index contributed by atoms with van der Waals surface area (Å²) in [5, 5.41) is 12.5. The summed E-state index contributed by atoms with van der Waals surface area (Å²) in [6.07, 6.45) is -0.454. The highest BCUT2D eigenvalue weighted by atomic mass is 35.5. The lowest BCUT2D eigenvalue weighted by atomic mass is 10.1. The molecule has 4 nitrogen and oxygen atoms in total. The highest BCUT2D eigenvalue weighted by molar-refractivity contribution is 6.30. The normalized spacial score (nSPS) is 13.2. The van der Waals surface area contributed by atoms with Crippen LogP contribution in [0.3, 0.4) is 0 Å². The van der Waals surface area contributed by atoms with Crippen LogP contribution < -0.4 is 10.1 Å². The van der Waals surface area contributed by atoms with E-state index in [0.717, 1.165) is 5.75 Å². The van der Waals surface area contributed by atoms with Crippen LogP contribution in [0.1, 0.15) is 20.8 Å². The molecule has 0 unspecified atom stereocenters. The van der Waals surface area contributed by atoms with Crippen molar-refractivity contribution in [3.05, 3.63) is 29.3 Å². The summed E-state index contributed by atoms with van der Waals surface area (Å²) in [6, 6.07) is 7.19. The van der Waals surface area contributed by atoms with Crippen LogP contribution in [0.25, 0.3) is 0 Å². The average molecular weight is 303 g/mol. The van der Waals surface area contributed by atoms with Crippen molar-refractivity contribution in [2.45, 2.75) is 32.4 Å². The van der Waals surface area contributed by atoms with Crippen LogP contribution in [-0.2, 0) is 4.74 Å². The summed E-state index contributed by atoms with van der Waals surface area (Å²) in [4.78, 5) is 0. The molecule has 1 atom stereocenters. The van der Waals surface area contributed by atoms with Crippen molar-refractivity contribution < 1.29 is 19.9 Å². The van der Waals surface area contributed by atoms with Crippen molar-refractivity contribution in [2.24, 2.45) is 0 Å². The zero-order valence-electron chi connectivity index (χ0n) is 12.4. The smallest absolute Gasteiger partial charge is 0.126 e. The first-order valence-corrected chi connectivity index (χ1v) is 7.23. The lowest BCUT2D eigenvalue weighted by Gasteiger charge is -2.19. The SMILES string of the molecule is CC(C)(C)[NH2+]C[C@@H](O)COCCOc1ccc(Cl)cc1. The molecule has 0 aliphatic carbocycles. The van der Waals surface area contributed by atoms with Gasteiger partial charge in [-0.2, -0.15) is 0 Å². The Labute approximate surface area is 126 Å². The van der Waals surface area contributed by atoms with Crippen LogP contribution in [0.2, 0.25) is 5.02 Å². The molecular weight excluding hydrogens is 278 g/mol. The molecule has 0 spiro atoms. The van der Waals surface area contributed by atoms with Gasteiger partial charge in [0.2, 0.25) is 0 Å². The highest BCUT2D eigenvalue weighted by Gasteiger charge is 2.15. The molecule has 0 bridgehead atoms. The summed E-state index contributed by atoms with van der Waals surface area (Å²) >= 11 is 5.78. The van der Waals surface area contributed by atoms with Gasteiger partial charge >= 0.3 is 0 Å². The van der Waals surface area contributed by atoms with E-state index in [1.54, 1.807) is 12.1 Å². The Morgan fingerprint density at radius 2 is 1.85 bits per heavy atom. The zero-order valence-corrected chi connectivity index (χ0v) is 13.2. The van der Waals surface area contributed by atoms with Crippen LogP contribution in [0.4, 0.5) is 0 Å². The number of quaternary nitrogens is 1. The summed E-state index contributed by atoms with van der Waals surface area (Å²) in [5.41, 5.74) is 0.124. The predicted octanol–water partition coefficient (Wildman–Crippen LogP) is 1.46. The first kappa shape index (κ1) is 17.2. The third-order valence-corrected chi connectivity index (χ3v) is 2.87. The van der Waals surface area contributed by atoms with E-state index in [1.165, 1.54) is 0 Å². The Balaban J connectivity index is 2.05. The quantitative estimate of drug-likeness (QED) is 0.715. The number of hydrogen-bond donors (Lipinski definition) is 2. The van der Waals surface area contributed by atoms with Gasteiger partial charge in [0, 0.05) is 5.02 Å². The van der Waals surface area contributed by atoms with Crippen LogP contribution in [-0.4, -0.2) is 43.1 Å². The number of nitrogens with two attached hydrogens (primary N) is 1. The number of aliphatic hydroxyl groups excluding tert-OH is 1. The van der Waals surface area contributed by atoms with Gasteiger partial charge in [0.05, 0.1) is 18.8 Å². The molecule has 0 amide bonds. The van der Waals surface area contributed by atoms with Gasteiger partial charge < -0.3 is 19.9 Å². The first-order valence-electron chi connectivity index (χ1n) is 6.85. The van der Waals surface area contributed by atoms with Crippen molar-refractivity contribution in [3.63, 3.8) is 0 Å². The van der Waals surface area contributed by atoms with Gasteiger partial charge in [0.25, 0.3) is 0 Å². The minimum atomic E-state index is -0.454. The van der Waals surface area contributed by atoms with Gasteiger partial charge in [0.1, 0.15) is 25.0 Å². The topological polar surface area (TPSA) is 55.3 Å². The lowest BCUT2D eigenvalue weighted by molar-refractivity contribution is -0.722. The van der Waals surface area contributed by atoms with Gasteiger partial charge in [-0.3, -0.25) is 0 Å². The molecule has 3 N–H and O–H groups in total. The molecule has 0 saturated heterocycles. The number of ether oxygens (including phenoxy) is 2. The number of rotatable bonds is 8. The Morgan fingerprint density at radius 3 is 2.45 bits per heavy atom. The fourth-order valence-electron chi connectivity index (χ4n) is 1.53. The van der Waals surface area contributed by atoms with Crippen molar-refractivity contribution in [2.75, 3.05) is 26.4 Å². The number of benzene rings is 1. The Hall–Kier alpha value is -0.810. The first-order chi connectivity index (χ1) is 9.37. The predicted molar refractivity (Wildman–Crippen MR) is 80.3 cm³/mol. The van der Waals surface area contributed by atoms with E-state index < -0.39 is 6.10 Å². The van der Waals surface area contributed by atoms with Crippen molar-refractivity contribution >= 4 is 11.6 Å². The maximum atomic E-state index is 9.75. The highest BCUT2D eigenvalue weighted by Crippen LogP contribution is 2.15. The average Bonchev–Trinajstić information content (AvgIpc) is 2.37. The Kier molecular flexibility index (Phi) is 7.30. The second kappa shape index (κ2) is 8.47. The molecule has 1 aromatic carbocycles. The molecule has 0 radical (unpaired) electrons. The fourth-order valence-corrected chi connectivity index (χ4v) is 1.65. The summed E-state index contributed by atoms with van der Waals surface area (Å²) < 4.78 is 10.9. The van der Waals surface area contributed by atoms with Crippen molar-refractivity contribution in [1.29, 1.82) is 0 Å². The number of hydrogen-bond acceptors (Lipinski definition) is 3. The van der Waals surface area contributed by atoms with Crippen molar-refractivity contribution in [1.82, 2.24) is 0 Å². The number of aliphatic hydroxyl groups is 1. The Morgan fingerprint density at radius 1 is 1.20 bits per heavy atom. The van der Waals surface area contributed by atoms with E-state index in [-0.39, 0.29) is 5.54 Å². The monoisotopic (exact) mass is 302 g/mol. The molecule has 20 heavy (non-hydrogen) atoms. The van der Waals surface area contributed by atoms with Crippen LogP contribution in [0.15, 0.2) is 24.3 Å². The third kappa shape index (κ3) is 8.38. The minimum Gasteiger partial charge on any atom is -0.491 e. The molecule has 1 rings (SSSR count). The van der Waals surface area contributed by atoms with E-state index in [2.05, 4.69) is 26.1 Å². The van der Waals surface area contributed by atoms with E-state index in [0.29, 0.717) is 31.4 Å². The molecule has 5 heteroatoms. The minimum absolute atomic E-state index is 0.124. The molecule has 0 fully saturated rings. The third-order valence-electron chi connectivity index (χ3n) is 2.62. The van der Waals surface area contributed by atoms with E-state index in [4.69, 9.17) is 21.1 Å². The van der Waals surface area contributed by atoms with Gasteiger partial charge in [-0.25, -0.2) is 0 Å². The van der Waals surface area contributed by atoms with Gasteiger partial charge in [-0.05, 0) is 45.0 Å². The molecule has 0 aromatic heterocycles. The van der Waals surface area contributed by atoms with Gasteiger partial charge in [0.15, 0.2) is 0 Å². The van der Waals surface area contributed by atoms with Gasteiger partial charge in [-0.15, -0.1) is 0 Å². The molecule has 0 aliphatic heterocycles. The maximum absolute atomic E-state index is 9.75. The van der Waals surface area contributed by atoms with Crippen molar-refractivity contribution in [3.8, 4) is 5.75 Å². The lowest BCUT2D eigenvalue weighted by Crippen LogP contribution is -2.96. The fraction of sp³-hybridized carbons (Fsp3) is 0.600. The summed E-state index contributed by atoms with van der Waals surface area (Å²) in [7, 11) is 0. The largest absolute Gasteiger partial charge is 0.491 e. The zero-order chi connectivity index (χ0) is 15.0. The molecule has 0 saturated carbocycles. The summed E-state index contributed by atoms with van der Waals surface area (Å²) in [5.74, 6) is 0.764. The summed E-state index contributed by atoms with van der Waals surface area (Å²) in [6.45, 7) is 8.21. The van der Waals surface area contributed by atoms with Crippen LogP contribution in [0.5, 0.6) is 5.75 Å². The van der Waals surface area contributed by atoms with Gasteiger partial charge in [-0.1, -0.05) is 11.6 Å². The van der Waals surface area contributed by atoms with E-state index >= 15 is 0 Å².